The number of hydrogen-bond acceptors (Lipinski definition) is 3. The van der Waals surface area contributed by atoms with Crippen LogP contribution in [-0.4, -0.2) is 25.3 Å². The Balaban J connectivity index is 2.25. The number of rotatable bonds is 3. The smallest absolute Gasteiger partial charge is 0.171 e. The quantitative estimate of drug-likeness (QED) is 0.822. The molecule has 2 rings (SSSR count). The van der Waals surface area contributed by atoms with Crippen LogP contribution in [-0.2, 0) is 6.42 Å². The fourth-order valence-corrected chi connectivity index (χ4v) is 2.15. The third-order valence-electron chi connectivity index (χ3n) is 3.05. The fraction of sp³-hybridized carbons (Fsp3) is 0.500. The maximum absolute atomic E-state index is 13.8. The molecule has 1 aromatic rings. The van der Waals surface area contributed by atoms with E-state index in [1.807, 2.05) is 0 Å². The summed E-state index contributed by atoms with van der Waals surface area (Å²) >= 11 is 0. The summed E-state index contributed by atoms with van der Waals surface area (Å²) in [5.41, 5.74) is 0.483. The number of methoxy groups -OCH3 is 1. The van der Waals surface area contributed by atoms with Gasteiger partial charge in [0.25, 0.3) is 0 Å². The molecule has 1 fully saturated rings. The molecule has 1 unspecified atom stereocenters. The van der Waals surface area contributed by atoms with Crippen LogP contribution in [0.2, 0.25) is 0 Å². The molecule has 0 saturated carbocycles. The molecule has 1 aliphatic rings. The summed E-state index contributed by atoms with van der Waals surface area (Å²) in [6.07, 6.45) is 1.65. The molecule has 1 atom stereocenters. The summed E-state index contributed by atoms with van der Waals surface area (Å²) in [5.74, 6) is 0.0837. The average Bonchev–Trinajstić information content (AvgIpc) is 2.78. The van der Waals surface area contributed by atoms with Gasteiger partial charge in [-0.05, 0) is 44.0 Å². The first-order valence-electron chi connectivity index (χ1n) is 5.47. The molecule has 0 bridgehead atoms. The number of nitrogens with one attached hydrogen (secondary N) is 1. The van der Waals surface area contributed by atoms with Crippen LogP contribution in [0.3, 0.4) is 0 Å². The monoisotopic (exact) mass is 225 g/mol. The zero-order chi connectivity index (χ0) is 11.5. The van der Waals surface area contributed by atoms with Crippen LogP contribution in [0, 0.1) is 11.7 Å². The lowest BCUT2D eigenvalue weighted by atomic mass is 9.97. The van der Waals surface area contributed by atoms with E-state index in [4.69, 9.17) is 4.74 Å². The van der Waals surface area contributed by atoms with Crippen molar-refractivity contribution in [1.29, 1.82) is 0 Å². The van der Waals surface area contributed by atoms with Crippen LogP contribution >= 0.6 is 0 Å². The largest absolute Gasteiger partial charge is 0.505 e. The molecule has 1 saturated heterocycles. The second kappa shape index (κ2) is 4.70. The van der Waals surface area contributed by atoms with E-state index >= 15 is 0 Å². The molecule has 16 heavy (non-hydrogen) atoms. The summed E-state index contributed by atoms with van der Waals surface area (Å²) in [4.78, 5) is 0. The van der Waals surface area contributed by atoms with E-state index in [-0.39, 0.29) is 5.75 Å². The number of phenolic OH excluding ortho intramolecular Hbond substituents is 1. The predicted octanol–water partition coefficient (Wildman–Crippen LogP) is 1.69. The Kier molecular flexibility index (Phi) is 3.29. The van der Waals surface area contributed by atoms with Crippen molar-refractivity contribution in [2.45, 2.75) is 12.8 Å². The molecule has 1 heterocycles. The van der Waals surface area contributed by atoms with Gasteiger partial charge in [0.2, 0.25) is 0 Å². The van der Waals surface area contributed by atoms with Crippen LogP contribution in [0.15, 0.2) is 12.1 Å². The highest BCUT2D eigenvalue weighted by atomic mass is 19.1. The minimum Gasteiger partial charge on any atom is -0.505 e. The van der Waals surface area contributed by atoms with E-state index < -0.39 is 5.82 Å². The summed E-state index contributed by atoms with van der Waals surface area (Å²) in [5, 5.41) is 12.6. The van der Waals surface area contributed by atoms with E-state index in [1.54, 1.807) is 6.07 Å². The predicted molar refractivity (Wildman–Crippen MR) is 59.3 cm³/mol. The molecule has 0 amide bonds. The van der Waals surface area contributed by atoms with E-state index in [0.717, 1.165) is 19.5 Å². The van der Waals surface area contributed by atoms with E-state index in [0.29, 0.717) is 23.7 Å². The topological polar surface area (TPSA) is 41.5 Å². The molecule has 0 spiro atoms. The van der Waals surface area contributed by atoms with Gasteiger partial charge in [-0.15, -0.1) is 0 Å². The molecule has 1 aromatic carbocycles. The average molecular weight is 225 g/mol. The van der Waals surface area contributed by atoms with Crippen molar-refractivity contribution in [3.63, 3.8) is 0 Å². The highest BCUT2D eigenvalue weighted by molar-refractivity contribution is 5.41. The highest BCUT2D eigenvalue weighted by Gasteiger charge is 2.21. The van der Waals surface area contributed by atoms with E-state index in [9.17, 15) is 9.50 Å². The van der Waals surface area contributed by atoms with Crippen molar-refractivity contribution in [2.24, 2.45) is 5.92 Å². The number of halogens is 1. The maximum atomic E-state index is 13.8. The Hall–Kier alpha value is -1.29. The Morgan fingerprint density at radius 1 is 1.56 bits per heavy atom. The summed E-state index contributed by atoms with van der Waals surface area (Å²) in [7, 11) is 1.52. The number of benzene rings is 1. The lowest BCUT2D eigenvalue weighted by Gasteiger charge is -2.13. The van der Waals surface area contributed by atoms with Gasteiger partial charge in [0.1, 0.15) is 5.75 Å². The van der Waals surface area contributed by atoms with Gasteiger partial charge < -0.3 is 15.2 Å². The summed E-state index contributed by atoms with van der Waals surface area (Å²) < 4.78 is 18.9. The van der Waals surface area contributed by atoms with Crippen LogP contribution in [0.25, 0.3) is 0 Å². The molecule has 88 valence electrons. The second-order valence-corrected chi connectivity index (χ2v) is 4.14. The zero-order valence-electron chi connectivity index (χ0n) is 9.29. The third-order valence-corrected chi connectivity index (χ3v) is 3.05. The van der Waals surface area contributed by atoms with Crippen molar-refractivity contribution in [1.82, 2.24) is 5.32 Å². The summed E-state index contributed by atoms with van der Waals surface area (Å²) in [6.45, 7) is 1.88. The molecule has 1 aliphatic heterocycles. The van der Waals surface area contributed by atoms with Crippen molar-refractivity contribution in [3.05, 3.63) is 23.5 Å². The Morgan fingerprint density at radius 2 is 2.38 bits per heavy atom. The molecular formula is C12H16FNO2. The van der Waals surface area contributed by atoms with Crippen molar-refractivity contribution < 1.29 is 14.2 Å². The minimum absolute atomic E-state index is 0.304. The molecule has 0 aromatic heterocycles. The lowest BCUT2D eigenvalue weighted by molar-refractivity contribution is 0.384. The van der Waals surface area contributed by atoms with Crippen molar-refractivity contribution in [3.8, 4) is 11.5 Å². The SMILES string of the molecule is COc1ccc(O)c(F)c1CC1CCNC1. The van der Waals surface area contributed by atoms with Crippen molar-refractivity contribution >= 4 is 0 Å². The number of ether oxygens (including phenoxy) is 1. The molecule has 3 nitrogen and oxygen atoms in total. The van der Waals surface area contributed by atoms with E-state index in [1.165, 1.54) is 13.2 Å². The fourth-order valence-electron chi connectivity index (χ4n) is 2.15. The minimum atomic E-state index is -0.550. The molecule has 0 aliphatic carbocycles. The van der Waals surface area contributed by atoms with Gasteiger partial charge in [-0.3, -0.25) is 0 Å². The summed E-state index contributed by atoms with van der Waals surface area (Å²) in [6, 6.07) is 2.93. The standard InChI is InChI=1S/C12H16FNO2/c1-16-11-3-2-10(15)12(13)9(11)6-8-4-5-14-7-8/h2-3,8,14-15H,4-7H2,1H3. The Morgan fingerprint density at radius 3 is 3.00 bits per heavy atom. The molecular weight excluding hydrogens is 209 g/mol. The van der Waals surface area contributed by atoms with Gasteiger partial charge in [0.05, 0.1) is 7.11 Å². The molecule has 0 radical (unpaired) electrons. The van der Waals surface area contributed by atoms with Gasteiger partial charge in [-0.2, -0.15) is 0 Å². The third kappa shape index (κ3) is 2.11. The van der Waals surface area contributed by atoms with Crippen LogP contribution in [0.1, 0.15) is 12.0 Å². The van der Waals surface area contributed by atoms with Crippen LogP contribution < -0.4 is 10.1 Å². The van der Waals surface area contributed by atoms with Gasteiger partial charge in [0, 0.05) is 5.56 Å². The lowest BCUT2D eigenvalue weighted by Crippen LogP contribution is -2.12. The Bertz CT molecular complexity index is 376. The maximum Gasteiger partial charge on any atom is 0.171 e. The van der Waals surface area contributed by atoms with E-state index in [2.05, 4.69) is 5.32 Å². The van der Waals surface area contributed by atoms with Crippen molar-refractivity contribution in [2.75, 3.05) is 20.2 Å². The first kappa shape index (κ1) is 11.2. The van der Waals surface area contributed by atoms with Gasteiger partial charge >= 0.3 is 0 Å². The van der Waals surface area contributed by atoms with Crippen LogP contribution in [0.5, 0.6) is 11.5 Å². The van der Waals surface area contributed by atoms with Gasteiger partial charge in [-0.25, -0.2) is 4.39 Å². The van der Waals surface area contributed by atoms with Gasteiger partial charge in [-0.1, -0.05) is 0 Å². The zero-order valence-corrected chi connectivity index (χ0v) is 9.29. The first-order valence-corrected chi connectivity index (χ1v) is 5.47. The Labute approximate surface area is 94.2 Å². The normalized spacial score (nSPS) is 20.0. The number of phenols is 1. The number of hydrogen-bond donors (Lipinski definition) is 2. The van der Waals surface area contributed by atoms with Gasteiger partial charge in [0.15, 0.2) is 11.6 Å². The second-order valence-electron chi connectivity index (χ2n) is 4.14. The van der Waals surface area contributed by atoms with Crippen LogP contribution in [0.4, 0.5) is 4.39 Å². The molecule has 2 N–H and O–H groups in total. The molecule has 4 heteroatoms. The number of aromatic hydroxyl groups is 1. The first-order chi connectivity index (χ1) is 7.72. The highest BCUT2D eigenvalue weighted by Crippen LogP contribution is 2.31.